The van der Waals surface area contributed by atoms with Crippen molar-refractivity contribution in [3.63, 3.8) is 0 Å². The van der Waals surface area contributed by atoms with E-state index in [1.54, 1.807) is 31.4 Å². The van der Waals surface area contributed by atoms with E-state index in [1.165, 1.54) is 16.0 Å². The summed E-state index contributed by atoms with van der Waals surface area (Å²) in [5, 5.41) is 10.5. The van der Waals surface area contributed by atoms with Crippen molar-refractivity contribution in [3.05, 3.63) is 44.9 Å². The van der Waals surface area contributed by atoms with Crippen LogP contribution < -0.4 is 15.6 Å². The summed E-state index contributed by atoms with van der Waals surface area (Å²) < 4.78 is 19.0. The van der Waals surface area contributed by atoms with Crippen molar-refractivity contribution in [1.29, 1.82) is 0 Å². The molecular weight excluding hydrogens is 317 g/mol. The van der Waals surface area contributed by atoms with Crippen LogP contribution in [0.4, 0.5) is 10.2 Å². The van der Waals surface area contributed by atoms with E-state index in [2.05, 4.69) is 10.4 Å². The fraction of sp³-hybridized carbons (Fsp3) is 0.250. The lowest BCUT2D eigenvalue weighted by Gasteiger charge is -2.11. The Morgan fingerprint density at radius 3 is 2.74 bits per heavy atom. The van der Waals surface area contributed by atoms with Crippen LogP contribution in [-0.4, -0.2) is 30.1 Å². The van der Waals surface area contributed by atoms with Gasteiger partial charge in [-0.1, -0.05) is 0 Å². The van der Waals surface area contributed by atoms with Crippen LogP contribution in [-0.2, 0) is 0 Å². The Balaban J connectivity index is 2.20. The maximum Gasteiger partial charge on any atom is 0.280 e. The second-order valence-corrected chi connectivity index (χ2v) is 6.04. The second kappa shape index (κ2) is 6.37. The second-order valence-electron chi connectivity index (χ2n) is 4.96. The first-order valence-electron chi connectivity index (χ1n) is 7.11. The average molecular weight is 333 g/mol. The van der Waals surface area contributed by atoms with E-state index in [4.69, 9.17) is 4.74 Å². The van der Waals surface area contributed by atoms with Gasteiger partial charge < -0.3 is 10.1 Å². The van der Waals surface area contributed by atoms with Gasteiger partial charge in [0.05, 0.1) is 18.2 Å². The van der Waals surface area contributed by atoms with E-state index in [0.717, 1.165) is 10.3 Å². The summed E-state index contributed by atoms with van der Waals surface area (Å²) in [6.45, 7) is 1.54. The van der Waals surface area contributed by atoms with Crippen molar-refractivity contribution in [1.82, 2.24) is 9.78 Å². The normalized spacial score (nSPS) is 10.9. The van der Waals surface area contributed by atoms with E-state index in [9.17, 15) is 9.18 Å². The molecule has 0 amide bonds. The Morgan fingerprint density at radius 2 is 2.09 bits per heavy atom. The maximum absolute atomic E-state index is 12.8. The molecule has 0 aliphatic rings. The Bertz CT molecular complexity index is 887. The third kappa shape index (κ3) is 2.79. The molecule has 0 aliphatic carbocycles. The minimum atomic E-state index is -0.506. The van der Waals surface area contributed by atoms with Crippen molar-refractivity contribution in [2.75, 3.05) is 25.6 Å². The Kier molecular flexibility index (Phi) is 4.29. The summed E-state index contributed by atoms with van der Waals surface area (Å²) in [5.41, 5.74) is 0.446. The number of nitrogens with one attached hydrogen (secondary N) is 1. The molecule has 23 heavy (non-hydrogen) atoms. The van der Waals surface area contributed by atoms with E-state index >= 15 is 0 Å². The fourth-order valence-electron chi connectivity index (χ4n) is 2.39. The molecule has 0 saturated heterocycles. The zero-order valence-electron chi connectivity index (χ0n) is 12.8. The van der Waals surface area contributed by atoms with Gasteiger partial charge in [0.1, 0.15) is 12.4 Å². The summed E-state index contributed by atoms with van der Waals surface area (Å²) in [4.78, 5) is 13.7. The number of hydrogen-bond acceptors (Lipinski definition) is 5. The van der Waals surface area contributed by atoms with E-state index < -0.39 is 6.67 Å². The highest BCUT2D eigenvalue weighted by atomic mass is 32.1. The third-order valence-electron chi connectivity index (χ3n) is 3.54. The Labute approximate surface area is 136 Å². The molecule has 0 bridgehead atoms. The number of halogens is 1. The SMILES string of the molecule is COc1ccc(-n2nc(NCCF)c3csc(C)c3c2=O)cc1. The van der Waals surface area contributed by atoms with Gasteiger partial charge in [0.15, 0.2) is 5.82 Å². The van der Waals surface area contributed by atoms with E-state index in [-0.39, 0.29) is 12.1 Å². The number of methoxy groups -OCH3 is 1. The van der Waals surface area contributed by atoms with Gasteiger partial charge in [-0.3, -0.25) is 4.79 Å². The predicted molar refractivity (Wildman–Crippen MR) is 91.0 cm³/mol. The van der Waals surface area contributed by atoms with Crippen molar-refractivity contribution in [2.24, 2.45) is 0 Å². The summed E-state index contributed by atoms with van der Waals surface area (Å²) in [6, 6.07) is 7.06. The van der Waals surface area contributed by atoms with Crippen LogP contribution in [0.25, 0.3) is 16.5 Å². The van der Waals surface area contributed by atoms with Crippen LogP contribution in [0.2, 0.25) is 0 Å². The molecule has 0 spiro atoms. The van der Waals surface area contributed by atoms with Crippen molar-refractivity contribution in [2.45, 2.75) is 6.92 Å². The first-order valence-corrected chi connectivity index (χ1v) is 7.99. The largest absolute Gasteiger partial charge is 0.497 e. The van der Waals surface area contributed by atoms with Crippen LogP contribution >= 0.6 is 11.3 Å². The lowest BCUT2D eigenvalue weighted by Crippen LogP contribution is -2.23. The lowest BCUT2D eigenvalue weighted by molar-refractivity contribution is 0.414. The molecule has 0 unspecified atom stereocenters. The summed E-state index contributed by atoms with van der Waals surface area (Å²) in [6.07, 6.45) is 0. The van der Waals surface area contributed by atoms with Gasteiger partial charge in [-0.25, -0.2) is 4.39 Å². The average Bonchev–Trinajstić information content (AvgIpc) is 2.97. The van der Waals surface area contributed by atoms with Gasteiger partial charge in [-0.05, 0) is 31.2 Å². The minimum Gasteiger partial charge on any atom is -0.497 e. The van der Waals surface area contributed by atoms with E-state index in [1.807, 2.05) is 12.3 Å². The van der Waals surface area contributed by atoms with Crippen molar-refractivity contribution in [3.8, 4) is 11.4 Å². The highest BCUT2D eigenvalue weighted by Gasteiger charge is 2.15. The predicted octanol–water partition coefficient (Wildman–Crippen LogP) is 3.15. The molecule has 0 fully saturated rings. The number of nitrogens with zero attached hydrogens (tertiary/aromatic N) is 2. The molecule has 1 aromatic carbocycles. The number of benzene rings is 1. The number of alkyl halides is 1. The molecule has 1 N–H and O–H groups in total. The van der Waals surface area contributed by atoms with Gasteiger partial charge in [0.2, 0.25) is 0 Å². The number of anilines is 1. The number of ether oxygens (including phenoxy) is 1. The lowest BCUT2D eigenvalue weighted by atomic mass is 10.2. The summed E-state index contributed by atoms with van der Waals surface area (Å²) in [7, 11) is 1.58. The number of aromatic nitrogens is 2. The highest BCUT2D eigenvalue weighted by Crippen LogP contribution is 2.27. The van der Waals surface area contributed by atoms with Gasteiger partial charge in [-0.15, -0.1) is 16.4 Å². The minimum absolute atomic E-state index is 0.151. The molecule has 5 nitrogen and oxygen atoms in total. The van der Waals surface area contributed by atoms with Crippen molar-refractivity contribution < 1.29 is 9.13 Å². The van der Waals surface area contributed by atoms with Crippen molar-refractivity contribution >= 4 is 27.9 Å². The quantitative estimate of drug-likeness (QED) is 0.779. The third-order valence-corrected chi connectivity index (χ3v) is 4.45. The van der Waals surface area contributed by atoms with Crippen LogP contribution in [0, 0.1) is 6.92 Å². The van der Waals surface area contributed by atoms with Crippen LogP contribution in [0.1, 0.15) is 4.88 Å². The summed E-state index contributed by atoms with van der Waals surface area (Å²) in [5.74, 6) is 1.21. The molecule has 0 atom stereocenters. The number of thiophene rings is 1. The van der Waals surface area contributed by atoms with Gasteiger partial charge >= 0.3 is 0 Å². The topological polar surface area (TPSA) is 56.1 Å². The zero-order valence-corrected chi connectivity index (χ0v) is 13.6. The Morgan fingerprint density at radius 1 is 1.35 bits per heavy atom. The molecule has 120 valence electrons. The number of rotatable bonds is 5. The first-order chi connectivity index (χ1) is 11.2. The number of fused-ring (bicyclic) bond motifs is 1. The van der Waals surface area contributed by atoms with Crippen LogP contribution in [0.3, 0.4) is 0 Å². The van der Waals surface area contributed by atoms with Gasteiger partial charge in [0.25, 0.3) is 5.56 Å². The molecule has 0 aliphatic heterocycles. The Hall–Kier alpha value is -2.41. The molecule has 3 rings (SSSR count). The molecule has 3 aromatic rings. The fourth-order valence-corrected chi connectivity index (χ4v) is 3.23. The number of aryl methyl sites for hydroxylation is 1. The van der Waals surface area contributed by atoms with E-state index in [0.29, 0.717) is 22.6 Å². The van der Waals surface area contributed by atoms with Crippen LogP contribution in [0.15, 0.2) is 34.4 Å². The molecule has 0 radical (unpaired) electrons. The molecule has 7 heteroatoms. The molecular formula is C16H16FN3O2S. The smallest absolute Gasteiger partial charge is 0.280 e. The monoisotopic (exact) mass is 333 g/mol. The van der Waals surface area contributed by atoms with Gasteiger partial charge in [-0.2, -0.15) is 4.68 Å². The first kappa shape index (κ1) is 15.5. The molecule has 0 saturated carbocycles. The standard InChI is InChI=1S/C16H16FN3O2S/c1-10-14-13(9-23-10)15(18-8-7-17)19-20(16(14)21)11-3-5-12(22-2)6-4-11/h3-6,9H,7-8H2,1-2H3,(H,18,19). The molecule has 2 heterocycles. The summed E-state index contributed by atoms with van der Waals surface area (Å²) >= 11 is 1.48. The zero-order chi connectivity index (χ0) is 16.4. The van der Waals surface area contributed by atoms with Crippen LogP contribution in [0.5, 0.6) is 5.75 Å². The highest BCUT2D eigenvalue weighted by molar-refractivity contribution is 7.11. The molecule has 2 aromatic heterocycles. The van der Waals surface area contributed by atoms with Gasteiger partial charge in [0, 0.05) is 22.2 Å². The maximum atomic E-state index is 12.8. The number of hydrogen-bond donors (Lipinski definition) is 1.